The smallest absolute Gasteiger partial charge is 0.248 e. The van der Waals surface area contributed by atoms with Gasteiger partial charge in [0.05, 0.1) is 6.10 Å². The van der Waals surface area contributed by atoms with Gasteiger partial charge in [-0.05, 0) is 16.3 Å². The zero-order valence-electron chi connectivity index (χ0n) is 12.2. The Labute approximate surface area is 122 Å². The molecule has 1 aliphatic rings. The Balaban J connectivity index is 1.75. The summed E-state index contributed by atoms with van der Waals surface area (Å²) in [4.78, 5) is 25.2. The quantitative estimate of drug-likeness (QED) is 0.698. The molecule has 21 heavy (non-hydrogen) atoms. The van der Waals surface area contributed by atoms with Crippen molar-refractivity contribution in [3.63, 3.8) is 0 Å². The molecule has 1 N–H and O–H groups in total. The second-order valence-electron chi connectivity index (χ2n) is 5.44. The van der Waals surface area contributed by atoms with Crippen LogP contribution in [-0.4, -0.2) is 69.3 Å². The minimum absolute atomic E-state index is 0.0000311. The molecule has 1 unspecified atom stereocenters. The van der Waals surface area contributed by atoms with Crippen LogP contribution in [0.15, 0.2) is 6.33 Å². The normalized spacial score (nSPS) is 19.1. The van der Waals surface area contributed by atoms with Crippen molar-refractivity contribution in [2.45, 2.75) is 26.5 Å². The van der Waals surface area contributed by atoms with E-state index in [9.17, 15) is 9.59 Å². The molecule has 116 valence electrons. The van der Waals surface area contributed by atoms with Crippen LogP contribution in [0.5, 0.6) is 0 Å². The Kier molecular flexibility index (Phi) is 5.20. The van der Waals surface area contributed by atoms with Crippen LogP contribution in [0.3, 0.4) is 0 Å². The highest BCUT2D eigenvalue weighted by Crippen LogP contribution is 2.08. The highest BCUT2D eigenvalue weighted by atomic mass is 16.5. The van der Waals surface area contributed by atoms with Gasteiger partial charge in [0.2, 0.25) is 11.8 Å². The molecule has 1 aromatic rings. The van der Waals surface area contributed by atoms with E-state index in [1.165, 1.54) is 11.0 Å². The van der Waals surface area contributed by atoms with Gasteiger partial charge in [0.25, 0.3) is 0 Å². The van der Waals surface area contributed by atoms with E-state index in [1.54, 1.807) is 4.90 Å². The van der Waals surface area contributed by atoms with Crippen LogP contribution in [-0.2, 0) is 20.9 Å². The van der Waals surface area contributed by atoms with E-state index >= 15 is 0 Å². The van der Waals surface area contributed by atoms with Crippen LogP contribution in [0, 0.1) is 5.92 Å². The molecule has 0 spiro atoms. The molecular formula is C12H20N6O3. The summed E-state index contributed by atoms with van der Waals surface area (Å²) in [7, 11) is 0. The van der Waals surface area contributed by atoms with Gasteiger partial charge in [-0.1, -0.05) is 13.8 Å². The molecule has 9 heteroatoms. The fourth-order valence-electron chi connectivity index (χ4n) is 2.10. The standard InChI is InChI=1S/C12H20N6O3/c1-9(2)4-17-5-10(21-7-12(17)20)3-13-11(19)6-18-8-14-15-16-18/h8-10H,3-7H2,1-2H3,(H,13,19). The third-order valence-electron chi connectivity index (χ3n) is 3.03. The lowest BCUT2D eigenvalue weighted by Gasteiger charge is -2.33. The Hall–Kier alpha value is -2.03. The van der Waals surface area contributed by atoms with Crippen molar-refractivity contribution < 1.29 is 14.3 Å². The van der Waals surface area contributed by atoms with Gasteiger partial charge in [-0.15, -0.1) is 5.10 Å². The zero-order chi connectivity index (χ0) is 15.2. The summed E-state index contributed by atoms with van der Waals surface area (Å²) in [5.41, 5.74) is 0. The van der Waals surface area contributed by atoms with E-state index < -0.39 is 0 Å². The van der Waals surface area contributed by atoms with E-state index in [0.717, 1.165) is 0 Å². The van der Waals surface area contributed by atoms with Gasteiger partial charge < -0.3 is 15.0 Å². The fourth-order valence-corrected chi connectivity index (χ4v) is 2.10. The molecule has 9 nitrogen and oxygen atoms in total. The van der Waals surface area contributed by atoms with Crippen molar-refractivity contribution in [1.82, 2.24) is 30.4 Å². The Morgan fingerprint density at radius 2 is 2.38 bits per heavy atom. The van der Waals surface area contributed by atoms with E-state index in [1.807, 2.05) is 0 Å². The van der Waals surface area contributed by atoms with Crippen molar-refractivity contribution in [3.05, 3.63) is 6.33 Å². The summed E-state index contributed by atoms with van der Waals surface area (Å²) in [5, 5.41) is 13.3. The third-order valence-corrected chi connectivity index (χ3v) is 3.03. The summed E-state index contributed by atoms with van der Waals surface area (Å²) in [6.45, 7) is 5.83. The topological polar surface area (TPSA) is 102 Å². The number of tetrazole rings is 1. The lowest BCUT2D eigenvalue weighted by Crippen LogP contribution is -2.51. The first-order valence-corrected chi connectivity index (χ1v) is 6.91. The average molecular weight is 296 g/mol. The summed E-state index contributed by atoms with van der Waals surface area (Å²) < 4.78 is 6.77. The molecule has 0 bridgehead atoms. The fraction of sp³-hybridized carbons (Fsp3) is 0.750. The number of nitrogens with zero attached hydrogens (tertiary/aromatic N) is 5. The number of hydrogen-bond acceptors (Lipinski definition) is 6. The minimum atomic E-state index is -0.196. The number of morpholine rings is 1. The number of carbonyl (C=O) groups is 2. The average Bonchev–Trinajstić information content (AvgIpc) is 2.92. The minimum Gasteiger partial charge on any atom is -0.365 e. The van der Waals surface area contributed by atoms with Crippen LogP contribution < -0.4 is 5.32 Å². The predicted molar refractivity (Wildman–Crippen MR) is 72.0 cm³/mol. The van der Waals surface area contributed by atoms with E-state index in [0.29, 0.717) is 25.6 Å². The molecule has 0 aliphatic carbocycles. The number of rotatable bonds is 6. The lowest BCUT2D eigenvalue weighted by molar-refractivity contribution is -0.149. The molecular weight excluding hydrogens is 276 g/mol. The molecule has 0 radical (unpaired) electrons. The summed E-state index contributed by atoms with van der Waals surface area (Å²) >= 11 is 0. The van der Waals surface area contributed by atoms with Gasteiger partial charge in [0.15, 0.2) is 0 Å². The van der Waals surface area contributed by atoms with Gasteiger partial charge in [-0.2, -0.15) is 0 Å². The maximum absolute atomic E-state index is 11.7. The Morgan fingerprint density at radius 1 is 1.57 bits per heavy atom. The largest absolute Gasteiger partial charge is 0.365 e. The maximum atomic E-state index is 11.7. The first kappa shape index (κ1) is 15.4. The van der Waals surface area contributed by atoms with Gasteiger partial charge in [0.1, 0.15) is 19.5 Å². The summed E-state index contributed by atoms with van der Waals surface area (Å²) in [6.07, 6.45) is 1.19. The van der Waals surface area contributed by atoms with Gasteiger partial charge >= 0.3 is 0 Å². The molecule has 1 saturated heterocycles. The third kappa shape index (κ3) is 4.78. The van der Waals surface area contributed by atoms with Crippen molar-refractivity contribution in [2.24, 2.45) is 5.92 Å². The van der Waals surface area contributed by atoms with Crippen LogP contribution >= 0.6 is 0 Å². The molecule has 2 amide bonds. The predicted octanol–water partition coefficient (Wildman–Crippen LogP) is -1.33. The van der Waals surface area contributed by atoms with Crippen molar-refractivity contribution in [1.29, 1.82) is 0 Å². The molecule has 1 atom stereocenters. The maximum Gasteiger partial charge on any atom is 0.248 e. The van der Waals surface area contributed by atoms with Crippen LogP contribution in [0.4, 0.5) is 0 Å². The molecule has 2 rings (SSSR count). The first-order chi connectivity index (χ1) is 10.0. The van der Waals surface area contributed by atoms with E-state index in [2.05, 4.69) is 34.7 Å². The second kappa shape index (κ2) is 7.11. The zero-order valence-corrected chi connectivity index (χ0v) is 12.2. The van der Waals surface area contributed by atoms with Gasteiger partial charge in [-0.25, -0.2) is 4.68 Å². The molecule has 2 heterocycles. The molecule has 0 saturated carbocycles. The first-order valence-electron chi connectivity index (χ1n) is 6.91. The van der Waals surface area contributed by atoms with Crippen LogP contribution in [0.25, 0.3) is 0 Å². The number of ether oxygens (including phenoxy) is 1. The van der Waals surface area contributed by atoms with Crippen LogP contribution in [0.1, 0.15) is 13.8 Å². The molecule has 1 aromatic heterocycles. The summed E-state index contributed by atoms with van der Waals surface area (Å²) in [5.74, 6) is 0.209. The SMILES string of the molecule is CC(C)CN1CC(CNC(=O)Cn2cnnn2)OCC1=O. The van der Waals surface area contributed by atoms with Crippen LogP contribution in [0.2, 0.25) is 0 Å². The summed E-state index contributed by atoms with van der Waals surface area (Å²) in [6, 6.07) is 0. The Bertz CT molecular complexity index is 475. The second-order valence-corrected chi connectivity index (χ2v) is 5.44. The van der Waals surface area contributed by atoms with E-state index in [-0.39, 0.29) is 31.1 Å². The Morgan fingerprint density at radius 3 is 3.05 bits per heavy atom. The highest BCUT2D eigenvalue weighted by Gasteiger charge is 2.26. The number of aromatic nitrogens is 4. The number of hydrogen-bond donors (Lipinski definition) is 1. The van der Waals surface area contributed by atoms with Gasteiger partial charge in [-0.3, -0.25) is 9.59 Å². The monoisotopic (exact) mass is 296 g/mol. The lowest BCUT2D eigenvalue weighted by atomic mass is 10.1. The molecule has 0 aromatic carbocycles. The number of amides is 2. The van der Waals surface area contributed by atoms with Crippen molar-refractivity contribution >= 4 is 11.8 Å². The van der Waals surface area contributed by atoms with Crippen molar-refractivity contribution in [2.75, 3.05) is 26.2 Å². The van der Waals surface area contributed by atoms with Crippen molar-refractivity contribution in [3.8, 4) is 0 Å². The van der Waals surface area contributed by atoms with Gasteiger partial charge in [0, 0.05) is 19.6 Å². The molecule has 1 fully saturated rings. The molecule has 1 aliphatic heterocycles. The number of nitrogens with one attached hydrogen (secondary N) is 1. The van der Waals surface area contributed by atoms with E-state index in [4.69, 9.17) is 4.74 Å². The number of carbonyl (C=O) groups excluding carboxylic acids is 2. The highest BCUT2D eigenvalue weighted by molar-refractivity contribution is 5.78.